The van der Waals surface area contributed by atoms with Gasteiger partial charge in [-0.25, -0.2) is 0 Å². The van der Waals surface area contributed by atoms with Crippen molar-refractivity contribution in [3.05, 3.63) is 29.8 Å². The molecule has 6 nitrogen and oxygen atoms in total. The Bertz CT molecular complexity index is 631. The standard InChI is InChI=1S/C19H26N2O4/c1-2-25-16-6-3-14(4-7-16)5-8-17(22)21-11-15-12-24-10-9-19(15,13-21)18(20)23/h3-4,6-7,15H,2,5,8-13H2,1H3,(H2,20,23)/t15-,19+/m1/s1. The second-order valence-corrected chi connectivity index (χ2v) is 6.89. The number of primary amides is 1. The van der Waals surface area contributed by atoms with Gasteiger partial charge in [0.05, 0.1) is 18.6 Å². The average Bonchev–Trinajstić information content (AvgIpc) is 3.02. The van der Waals surface area contributed by atoms with Crippen molar-refractivity contribution in [2.75, 3.05) is 32.9 Å². The van der Waals surface area contributed by atoms with Crippen LogP contribution in [0.5, 0.6) is 5.75 Å². The first kappa shape index (κ1) is 17.7. The third-order valence-corrected chi connectivity index (χ3v) is 5.41. The fourth-order valence-electron chi connectivity index (χ4n) is 3.87. The fraction of sp³-hybridized carbons (Fsp3) is 0.579. The molecule has 2 saturated heterocycles. The van der Waals surface area contributed by atoms with Gasteiger partial charge in [0.1, 0.15) is 5.75 Å². The molecule has 6 heteroatoms. The molecule has 0 aliphatic carbocycles. The van der Waals surface area contributed by atoms with Gasteiger partial charge in [-0.2, -0.15) is 0 Å². The predicted octanol–water partition coefficient (Wildman–Crippen LogP) is 1.37. The number of rotatable bonds is 6. The minimum Gasteiger partial charge on any atom is -0.494 e. The number of amides is 2. The zero-order chi connectivity index (χ0) is 17.9. The highest BCUT2D eigenvalue weighted by atomic mass is 16.5. The van der Waals surface area contributed by atoms with E-state index in [0.29, 0.717) is 52.2 Å². The van der Waals surface area contributed by atoms with Crippen molar-refractivity contribution in [3.63, 3.8) is 0 Å². The molecule has 3 rings (SSSR count). The van der Waals surface area contributed by atoms with E-state index in [9.17, 15) is 9.59 Å². The van der Waals surface area contributed by atoms with Gasteiger partial charge in [-0.1, -0.05) is 12.1 Å². The number of carbonyl (C=O) groups is 2. The number of fused-ring (bicyclic) bond motifs is 1. The summed E-state index contributed by atoms with van der Waals surface area (Å²) in [6, 6.07) is 7.82. The second-order valence-electron chi connectivity index (χ2n) is 6.89. The summed E-state index contributed by atoms with van der Waals surface area (Å²) in [6.45, 7) is 4.62. The molecule has 1 aromatic carbocycles. The van der Waals surface area contributed by atoms with Crippen LogP contribution in [-0.4, -0.2) is 49.6 Å². The van der Waals surface area contributed by atoms with Gasteiger partial charge in [-0.3, -0.25) is 9.59 Å². The summed E-state index contributed by atoms with van der Waals surface area (Å²) in [5, 5.41) is 0. The smallest absolute Gasteiger partial charge is 0.225 e. The Morgan fingerprint density at radius 2 is 2.12 bits per heavy atom. The van der Waals surface area contributed by atoms with E-state index >= 15 is 0 Å². The van der Waals surface area contributed by atoms with Crippen molar-refractivity contribution < 1.29 is 19.1 Å². The number of aryl methyl sites for hydroxylation is 1. The lowest BCUT2D eigenvalue weighted by Gasteiger charge is -2.34. The van der Waals surface area contributed by atoms with E-state index in [2.05, 4.69) is 0 Å². The first-order valence-electron chi connectivity index (χ1n) is 8.92. The summed E-state index contributed by atoms with van der Waals surface area (Å²) < 4.78 is 10.9. The highest BCUT2D eigenvalue weighted by molar-refractivity contribution is 5.84. The lowest BCUT2D eigenvalue weighted by Crippen LogP contribution is -2.48. The Morgan fingerprint density at radius 3 is 2.76 bits per heavy atom. The van der Waals surface area contributed by atoms with Crippen molar-refractivity contribution >= 4 is 11.8 Å². The maximum Gasteiger partial charge on any atom is 0.225 e. The number of nitrogens with two attached hydrogens (primary N) is 1. The number of carbonyl (C=O) groups excluding carboxylic acids is 2. The molecule has 0 radical (unpaired) electrons. The van der Waals surface area contributed by atoms with Crippen LogP contribution in [0.15, 0.2) is 24.3 Å². The highest BCUT2D eigenvalue weighted by Crippen LogP contribution is 2.42. The van der Waals surface area contributed by atoms with Crippen LogP contribution in [0, 0.1) is 11.3 Å². The van der Waals surface area contributed by atoms with E-state index in [1.807, 2.05) is 31.2 Å². The Hall–Kier alpha value is -2.08. The lowest BCUT2D eigenvalue weighted by molar-refractivity contribution is -0.136. The van der Waals surface area contributed by atoms with Crippen LogP contribution in [-0.2, 0) is 20.7 Å². The largest absolute Gasteiger partial charge is 0.494 e. The van der Waals surface area contributed by atoms with Crippen LogP contribution in [0.4, 0.5) is 0 Å². The highest BCUT2D eigenvalue weighted by Gasteiger charge is 2.53. The molecule has 0 unspecified atom stereocenters. The molecule has 1 aromatic rings. The van der Waals surface area contributed by atoms with E-state index in [-0.39, 0.29) is 17.7 Å². The maximum atomic E-state index is 12.6. The van der Waals surface area contributed by atoms with Crippen LogP contribution in [0.25, 0.3) is 0 Å². The molecule has 2 atom stereocenters. The molecule has 0 spiro atoms. The SMILES string of the molecule is CCOc1ccc(CCC(=O)N2C[C@@H]3COCC[C@]3(C(N)=O)C2)cc1. The van der Waals surface area contributed by atoms with Crippen LogP contribution < -0.4 is 10.5 Å². The Labute approximate surface area is 148 Å². The van der Waals surface area contributed by atoms with Gasteiger partial charge < -0.3 is 20.1 Å². The molecular weight excluding hydrogens is 320 g/mol. The molecule has 25 heavy (non-hydrogen) atoms. The summed E-state index contributed by atoms with van der Waals surface area (Å²) in [5.41, 5.74) is 6.16. The summed E-state index contributed by atoms with van der Waals surface area (Å²) in [6.07, 6.45) is 1.71. The van der Waals surface area contributed by atoms with E-state index in [1.54, 1.807) is 4.90 Å². The Kier molecular flexibility index (Phi) is 5.27. The van der Waals surface area contributed by atoms with Gasteiger partial charge in [-0.05, 0) is 37.5 Å². The average molecular weight is 346 g/mol. The first-order chi connectivity index (χ1) is 12.0. The summed E-state index contributed by atoms with van der Waals surface area (Å²) in [4.78, 5) is 26.4. The van der Waals surface area contributed by atoms with Gasteiger partial charge in [0.2, 0.25) is 11.8 Å². The summed E-state index contributed by atoms with van der Waals surface area (Å²) >= 11 is 0. The van der Waals surface area contributed by atoms with Crippen LogP contribution >= 0.6 is 0 Å². The molecule has 2 N–H and O–H groups in total. The number of ether oxygens (including phenoxy) is 2. The number of hydrogen-bond acceptors (Lipinski definition) is 4. The Balaban J connectivity index is 1.57. The van der Waals surface area contributed by atoms with Crippen molar-refractivity contribution in [2.45, 2.75) is 26.2 Å². The molecule has 2 aliphatic heterocycles. The van der Waals surface area contributed by atoms with E-state index in [1.165, 1.54) is 0 Å². The van der Waals surface area contributed by atoms with Crippen molar-refractivity contribution in [2.24, 2.45) is 17.1 Å². The second kappa shape index (κ2) is 7.44. The summed E-state index contributed by atoms with van der Waals surface area (Å²) in [7, 11) is 0. The quantitative estimate of drug-likeness (QED) is 0.843. The number of likely N-dealkylation sites (tertiary alicyclic amines) is 1. The minimum absolute atomic E-state index is 0.0215. The predicted molar refractivity (Wildman–Crippen MR) is 93.1 cm³/mol. The molecule has 0 bridgehead atoms. The summed E-state index contributed by atoms with van der Waals surface area (Å²) in [5.74, 6) is 0.629. The van der Waals surface area contributed by atoms with E-state index in [0.717, 1.165) is 11.3 Å². The minimum atomic E-state index is -0.604. The van der Waals surface area contributed by atoms with Gasteiger partial charge in [-0.15, -0.1) is 0 Å². The van der Waals surface area contributed by atoms with Gasteiger partial charge in [0, 0.05) is 32.0 Å². The molecule has 2 fully saturated rings. The van der Waals surface area contributed by atoms with Crippen molar-refractivity contribution in [1.29, 1.82) is 0 Å². The number of benzene rings is 1. The third kappa shape index (κ3) is 3.63. The third-order valence-electron chi connectivity index (χ3n) is 5.41. The van der Waals surface area contributed by atoms with Crippen molar-refractivity contribution in [1.82, 2.24) is 4.90 Å². The number of nitrogens with zero attached hydrogens (tertiary/aromatic N) is 1. The fourth-order valence-corrected chi connectivity index (χ4v) is 3.87. The topological polar surface area (TPSA) is 81.9 Å². The normalized spacial score (nSPS) is 25.5. The zero-order valence-corrected chi connectivity index (χ0v) is 14.7. The van der Waals surface area contributed by atoms with Gasteiger partial charge >= 0.3 is 0 Å². The maximum absolute atomic E-state index is 12.6. The molecule has 136 valence electrons. The Morgan fingerprint density at radius 1 is 1.36 bits per heavy atom. The van der Waals surface area contributed by atoms with Gasteiger partial charge in [0.15, 0.2) is 0 Å². The molecule has 0 aromatic heterocycles. The van der Waals surface area contributed by atoms with E-state index < -0.39 is 5.41 Å². The van der Waals surface area contributed by atoms with Crippen molar-refractivity contribution in [3.8, 4) is 5.75 Å². The number of hydrogen-bond donors (Lipinski definition) is 1. The molecule has 2 amide bonds. The van der Waals surface area contributed by atoms with Crippen LogP contribution in [0.2, 0.25) is 0 Å². The molecule has 0 saturated carbocycles. The van der Waals surface area contributed by atoms with Crippen LogP contribution in [0.1, 0.15) is 25.3 Å². The lowest BCUT2D eigenvalue weighted by atomic mass is 9.74. The van der Waals surface area contributed by atoms with Gasteiger partial charge in [0.25, 0.3) is 0 Å². The molecule has 2 heterocycles. The first-order valence-corrected chi connectivity index (χ1v) is 8.92. The monoisotopic (exact) mass is 346 g/mol. The zero-order valence-electron chi connectivity index (χ0n) is 14.7. The van der Waals surface area contributed by atoms with E-state index in [4.69, 9.17) is 15.2 Å². The molecular formula is C19H26N2O4. The molecule has 2 aliphatic rings. The van der Waals surface area contributed by atoms with Crippen LogP contribution in [0.3, 0.4) is 0 Å².